The molecule has 19 heavy (non-hydrogen) atoms. The zero-order valence-corrected chi connectivity index (χ0v) is 11.3. The molecule has 1 aromatic carbocycles. The molecule has 1 N–H and O–H groups in total. The monoisotopic (exact) mass is 271 g/mol. The minimum atomic E-state index is -4.26. The summed E-state index contributed by atoms with van der Waals surface area (Å²) in [6.45, 7) is 2.19. The van der Waals surface area contributed by atoms with Gasteiger partial charge in [-0.25, -0.2) is 0 Å². The van der Waals surface area contributed by atoms with E-state index in [2.05, 4.69) is 12.2 Å². The van der Waals surface area contributed by atoms with Crippen molar-refractivity contribution in [1.29, 1.82) is 0 Å². The molecule has 0 bridgehead atoms. The van der Waals surface area contributed by atoms with Crippen LogP contribution in [0.4, 0.5) is 13.2 Å². The van der Waals surface area contributed by atoms with Crippen LogP contribution in [0.2, 0.25) is 0 Å². The van der Waals surface area contributed by atoms with Gasteiger partial charge in [-0.2, -0.15) is 13.2 Å². The Bertz CT molecular complexity index is 424. The van der Waals surface area contributed by atoms with Crippen molar-refractivity contribution < 1.29 is 13.2 Å². The first-order valence-electron chi connectivity index (χ1n) is 6.75. The second kappa shape index (κ2) is 5.53. The molecule has 2 rings (SSSR count). The molecule has 1 aliphatic rings. The van der Waals surface area contributed by atoms with E-state index in [9.17, 15) is 13.2 Å². The number of hydrogen-bond donors (Lipinski definition) is 1. The van der Waals surface area contributed by atoms with Crippen LogP contribution in [0.5, 0.6) is 0 Å². The van der Waals surface area contributed by atoms with Crippen LogP contribution in [0.25, 0.3) is 0 Å². The van der Waals surface area contributed by atoms with Crippen molar-refractivity contribution in [2.75, 3.05) is 7.05 Å². The second-order valence-electron chi connectivity index (χ2n) is 5.49. The summed E-state index contributed by atoms with van der Waals surface area (Å²) < 4.78 is 38.0. The molecular formula is C15H20F3N. The summed E-state index contributed by atoms with van der Waals surface area (Å²) in [7, 11) is 1.89. The van der Waals surface area contributed by atoms with E-state index in [1.165, 1.54) is 25.0 Å². The lowest BCUT2D eigenvalue weighted by Crippen LogP contribution is -2.35. The van der Waals surface area contributed by atoms with Crippen LogP contribution in [0.1, 0.15) is 30.9 Å². The third kappa shape index (κ3) is 3.72. The van der Waals surface area contributed by atoms with Gasteiger partial charge in [-0.05, 0) is 49.8 Å². The number of alkyl halides is 3. The fourth-order valence-electron chi connectivity index (χ4n) is 2.63. The van der Waals surface area contributed by atoms with Gasteiger partial charge >= 0.3 is 6.18 Å². The molecule has 0 spiro atoms. The predicted molar refractivity (Wildman–Crippen MR) is 69.9 cm³/mol. The maximum atomic E-state index is 12.7. The van der Waals surface area contributed by atoms with Gasteiger partial charge in [0.1, 0.15) is 0 Å². The topological polar surface area (TPSA) is 12.0 Å². The molecular weight excluding hydrogens is 251 g/mol. The zero-order chi connectivity index (χ0) is 14.0. The number of benzene rings is 1. The van der Waals surface area contributed by atoms with Crippen molar-refractivity contribution in [3.05, 3.63) is 35.4 Å². The largest absolute Gasteiger partial charge is 0.416 e. The summed E-state index contributed by atoms with van der Waals surface area (Å²) in [5.41, 5.74) is 0.195. The average Bonchev–Trinajstić information content (AvgIpc) is 3.18. The second-order valence-corrected chi connectivity index (χ2v) is 5.49. The molecule has 106 valence electrons. The van der Waals surface area contributed by atoms with Crippen molar-refractivity contribution >= 4 is 0 Å². The van der Waals surface area contributed by atoms with E-state index in [0.29, 0.717) is 12.3 Å². The van der Waals surface area contributed by atoms with Crippen LogP contribution in [0, 0.1) is 11.8 Å². The predicted octanol–water partition coefficient (Wildman–Crippen LogP) is 3.88. The Labute approximate surface area is 112 Å². The highest BCUT2D eigenvalue weighted by Gasteiger charge is 2.33. The molecule has 2 atom stereocenters. The van der Waals surface area contributed by atoms with E-state index in [0.717, 1.165) is 17.5 Å². The van der Waals surface area contributed by atoms with Gasteiger partial charge in [-0.3, -0.25) is 0 Å². The molecule has 1 nitrogen and oxygen atoms in total. The highest BCUT2D eigenvalue weighted by Crippen LogP contribution is 2.39. The summed E-state index contributed by atoms with van der Waals surface area (Å²) in [4.78, 5) is 0. The molecule has 0 heterocycles. The van der Waals surface area contributed by atoms with Crippen LogP contribution in [0.3, 0.4) is 0 Å². The van der Waals surface area contributed by atoms with Crippen molar-refractivity contribution in [3.8, 4) is 0 Å². The van der Waals surface area contributed by atoms with Gasteiger partial charge in [0.15, 0.2) is 0 Å². The lowest BCUT2D eigenvalue weighted by molar-refractivity contribution is -0.137. The average molecular weight is 271 g/mol. The maximum absolute atomic E-state index is 12.7. The summed E-state index contributed by atoms with van der Waals surface area (Å²) >= 11 is 0. The Hall–Kier alpha value is -1.03. The van der Waals surface area contributed by atoms with Crippen LogP contribution in [0.15, 0.2) is 24.3 Å². The molecule has 0 saturated heterocycles. The third-order valence-electron chi connectivity index (χ3n) is 4.08. The Kier molecular flexibility index (Phi) is 4.19. The number of hydrogen-bond acceptors (Lipinski definition) is 1. The number of halogens is 3. The van der Waals surface area contributed by atoms with Gasteiger partial charge in [0.05, 0.1) is 5.56 Å². The zero-order valence-electron chi connectivity index (χ0n) is 11.3. The first kappa shape index (κ1) is 14.4. The SMILES string of the molecule is CNC(Cc1cccc(C(F)(F)F)c1)C(C)C1CC1. The standard InChI is InChI=1S/C15H20F3N/c1-10(12-6-7-12)14(19-2)9-11-4-3-5-13(8-11)15(16,17)18/h3-5,8,10,12,14,19H,6-7,9H2,1-2H3. The lowest BCUT2D eigenvalue weighted by atomic mass is 9.91. The Balaban J connectivity index is 2.08. The highest BCUT2D eigenvalue weighted by molar-refractivity contribution is 5.26. The molecule has 1 aromatic rings. The van der Waals surface area contributed by atoms with Crippen molar-refractivity contribution in [1.82, 2.24) is 5.32 Å². The molecule has 0 amide bonds. The van der Waals surface area contributed by atoms with Crippen LogP contribution < -0.4 is 5.32 Å². The fourth-order valence-corrected chi connectivity index (χ4v) is 2.63. The van der Waals surface area contributed by atoms with Crippen molar-refractivity contribution in [2.24, 2.45) is 11.8 Å². The van der Waals surface area contributed by atoms with E-state index in [1.807, 2.05) is 7.05 Å². The van der Waals surface area contributed by atoms with Gasteiger partial charge in [0.2, 0.25) is 0 Å². The van der Waals surface area contributed by atoms with Crippen LogP contribution in [-0.2, 0) is 12.6 Å². The molecule has 1 aliphatic carbocycles. The molecule has 0 radical (unpaired) electrons. The van der Waals surface area contributed by atoms with Gasteiger partial charge in [-0.15, -0.1) is 0 Å². The summed E-state index contributed by atoms with van der Waals surface area (Å²) in [5, 5.41) is 3.25. The summed E-state index contributed by atoms with van der Waals surface area (Å²) in [5.74, 6) is 1.25. The number of rotatable bonds is 5. The van der Waals surface area contributed by atoms with Gasteiger partial charge < -0.3 is 5.32 Å². The number of nitrogens with one attached hydrogen (secondary N) is 1. The molecule has 1 saturated carbocycles. The van der Waals surface area contributed by atoms with E-state index in [1.54, 1.807) is 6.07 Å². The minimum absolute atomic E-state index is 0.246. The summed E-state index contributed by atoms with van der Waals surface area (Å²) in [6, 6.07) is 5.91. The van der Waals surface area contributed by atoms with Gasteiger partial charge in [-0.1, -0.05) is 25.1 Å². The Morgan fingerprint density at radius 1 is 1.32 bits per heavy atom. The van der Waals surface area contributed by atoms with E-state index >= 15 is 0 Å². The molecule has 0 aromatic heterocycles. The van der Waals surface area contributed by atoms with Gasteiger partial charge in [0, 0.05) is 6.04 Å². The van der Waals surface area contributed by atoms with Gasteiger partial charge in [0.25, 0.3) is 0 Å². The van der Waals surface area contributed by atoms with Crippen LogP contribution >= 0.6 is 0 Å². The minimum Gasteiger partial charge on any atom is -0.316 e. The lowest BCUT2D eigenvalue weighted by Gasteiger charge is -2.24. The first-order valence-corrected chi connectivity index (χ1v) is 6.75. The fraction of sp³-hybridized carbons (Fsp3) is 0.600. The molecule has 0 aliphatic heterocycles. The number of likely N-dealkylation sites (N-methyl/N-ethyl adjacent to an activating group) is 1. The summed E-state index contributed by atoms with van der Waals surface area (Å²) in [6.07, 6.45) is -1.10. The van der Waals surface area contributed by atoms with E-state index in [-0.39, 0.29) is 6.04 Å². The molecule has 1 fully saturated rings. The smallest absolute Gasteiger partial charge is 0.316 e. The van der Waals surface area contributed by atoms with Crippen LogP contribution in [-0.4, -0.2) is 13.1 Å². The Morgan fingerprint density at radius 2 is 2.00 bits per heavy atom. The third-order valence-corrected chi connectivity index (χ3v) is 4.08. The first-order chi connectivity index (χ1) is 8.91. The Morgan fingerprint density at radius 3 is 2.53 bits per heavy atom. The van der Waals surface area contributed by atoms with Crippen molar-refractivity contribution in [3.63, 3.8) is 0 Å². The highest BCUT2D eigenvalue weighted by atomic mass is 19.4. The molecule has 4 heteroatoms. The van der Waals surface area contributed by atoms with Crippen molar-refractivity contribution in [2.45, 2.75) is 38.4 Å². The normalized spacial score (nSPS) is 19.2. The van der Waals surface area contributed by atoms with E-state index < -0.39 is 11.7 Å². The maximum Gasteiger partial charge on any atom is 0.416 e. The molecule has 2 unspecified atom stereocenters. The quantitative estimate of drug-likeness (QED) is 0.857. The van der Waals surface area contributed by atoms with E-state index in [4.69, 9.17) is 0 Å².